The van der Waals surface area contributed by atoms with Gasteiger partial charge in [-0.2, -0.15) is 12.6 Å². The topological polar surface area (TPSA) is 41.6 Å². The third kappa shape index (κ3) is 4.81. The molecule has 1 fully saturated rings. The number of nitrogens with zero attached hydrogens (tertiary/aromatic N) is 1. The van der Waals surface area contributed by atoms with Crippen LogP contribution in [0.5, 0.6) is 0 Å². The summed E-state index contributed by atoms with van der Waals surface area (Å²) in [5.74, 6) is -0.0333. The van der Waals surface area contributed by atoms with Crippen LogP contribution in [0.1, 0.15) is 5.56 Å². The number of rotatable bonds is 5. The molecular weight excluding hydrogens is 272 g/mol. The molecule has 0 spiro atoms. The maximum atomic E-state index is 12.0. The molecule has 20 heavy (non-hydrogen) atoms. The molecule has 0 radical (unpaired) electrons. The Morgan fingerprint density at radius 2 is 2.25 bits per heavy atom. The molecule has 5 heteroatoms. The molecule has 0 aliphatic carbocycles. The van der Waals surface area contributed by atoms with Gasteiger partial charge in [0.1, 0.15) is 0 Å². The number of thiol groups is 1. The first-order chi connectivity index (χ1) is 9.65. The van der Waals surface area contributed by atoms with Gasteiger partial charge < -0.3 is 15.0 Å². The standard InChI is InChI=1S/C15H22N2O2S/c1-17-7-8-19-13(11-17)10-16-15(18)14(20)9-12-5-3-2-4-6-12/h2-6,13-14,20H,7-11H2,1H3,(H,16,18). The van der Waals surface area contributed by atoms with Crippen LogP contribution < -0.4 is 5.32 Å². The van der Waals surface area contributed by atoms with Gasteiger partial charge in [-0.25, -0.2) is 0 Å². The molecule has 1 heterocycles. The highest BCUT2D eigenvalue weighted by Crippen LogP contribution is 2.08. The Bertz CT molecular complexity index is 427. The lowest BCUT2D eigenvalue weighted by Gasteiger charge is -2.30. The van der Waals surface area contributed by atoms with E-state index >= 15 is 0 Å². The maximum Gasteiger partial charge on any atom is 0.233 e. The van der Waals surface area contributed by atoms with E-state index in [0.717, 1.165) is 25.3 Å². The Morgan fingerprint density at radius 1 is 1.50 bits per heavy atom. The number of hydrogen-bond acceptors (Lipinski definition) is 4. The summed E-state index contributed by atoms with van der Waals surface area (Å²) in [6.07, 6.45) is 0.719. The van der Waals surface area contributed by atoms with Gasteiger partial charge in [-0.15, -0.1) is 0 Å². The van der Waals surface area contributed by atoms with Crippen molar-refractivity contribution in [1.29, 1.82) is 0 Å². The second kappa shape index (κ2) is 7.67. The molecule has 1 aromatic rings. The molecule has 1 N–H and O–H groups in total. The van der Waals surface area contributed by atoms with Gasteiger partial charge in [0.15, 0.2) is 0 Å². The first kappa shape index (κ1) is 15.4. The van der Waals surface area contributed by atoms with E-state index in [0.29, 0.717) is 13.0 Å². The van der Waals surface area contributed by atoms with Gasteiger partial charge in [-0.1, -0.05) is 30.3 Å². The Morgan fingerprint density at radius 3 is 2.95 bits per heavy atom. The molecular formula is C15H22N2O2S. The van der Waals surface area contributed by atoms with E-state index in [1.807, 2.05) is 30.3 Å². The van der Waals surface area contributed by atoms with Gasteiger partial charge in [0.05, 0.1) is 18.0 Å². The molecule has 1 saturated heterocycles. The molecule has 0 aromatic heterocycles. The molecule has 2 unspecified atom stereocenters. The van der Waals surface area contributed by atoms with Crippen LogP contribution in [0.2, 0.25) is 0 Å². The second-order valence-electron chi connectivity index (χ2n) is 5.21. The van der Waals surface area contributed by atoms with Crippen LogP contribution in [0, 0.1) is 0 Å². The van der Waals surface area contributed by atoms with Crippen LogP contribution >= 0.6 is 12.6 Å². The number of morpholine rings is 1. The Hall–Kier alpha value is -1.04. The second-order valence-corrected chi connectivity index (χ2v) is 5.83. The molecule has 1 aliphatic rings. The van der Waals surface area contributed by atoms with Crippen molar-refractivity contribution in [3.8, 4) is 0 Å². The highest BCUT2D eigenvalue weighted by atomic mass is 32.1. The number of carbonyl (C=O) groups excluding carboxylic acids is 1. The Kier molecular flexibility index (Phi) is 5.88. The van der Waals surface area contributed by atoms with Gasteiger partial charge in [0.25, 0.3) is 0 Å². The average Bonchev–Trinajstić information content (AvgIpc) is 2.46. The van der Waals surface area contributed by atoms with Crippen molar-refractivity contribution in [2.24, 2.45) is 0 Å². The van der Waals surface area contributed by atoms with Crippen LogP contribution in [-0.2, 0) is 16.0 Å². The van der Waals surface area contributed by atoms with Crippen molar-refractivity contribution in [3.05, 3.63) is 35.9 Å². The van der Waals surface area contributed by atoms with Gasteiger partial charge in [-0.3, -0.25) is 4.79 Å². The highest BCUT2D eigenvalue weighted by molar-refractivity contribution is 7.81. The van der Waals surface area contributed by atoms with Crippen LogP contribution in [-0.4, -0.2) is 55.4 Å². The Balaban J connectivity index is 1.74. The van der Waals surface area contributed by atoms with Crippen molar-refractivity contribution < 1.29 is 9.53 Å². The summed E-state index contributed by atoms with van der Waals surface area (Å²) < 4.78 is 5.62. The lowest BCUT2D eigenvalue weighted by atomic mass is 10.1. The fourth-order valence-electron chi connectivity index (χ4n) is 2.25. The zero-order chi connectivity index (χ0) is 14.4. The fraction of sp³-hybridized carbons (Fsp3) is 0.533. The minimum Gasteiger partial charge on any atom is -0.374 e. The number of likely N-dealkylation sites (N-methyl/N-ethyl adjacent to an activating group) is 1. The van der Waals surface area contributed by atoms with Gasteiger partial charge >= 0.3 is 0 Å². The van der Waals surface area contributed by atoms with Crippen LogP contribution in [0.3, 0.4) is 0 Å². The number of hydrogen-bond donors (Lipinski definition) is 2. The van der Waals surface area contributed by atoms with Crippen molar-refractivity contribution in [3.63, 3.8) is 0 Å². The Labute approximate surface area is 125 Å². The molecule has 2 atom stereocenters. The lowest BCUT2D eigenvalue weighted by Crippen LogP contribution is -2.47. The van der Waals surface area contributed by atoms with Crippen LogP contribution in [0.25, 0.3) is 0 Å². The summed E-state index contributed by atoms with van der Waals surface area (Å²) in [4.78, 5) is 14.2. The number of carbonyl (C=O) groups is 1. The highest BCUT2D eigenvalue weighted by Gasteiger charge is 2.20. The molecule has 0 bridgehead atoms. The zero-order valence-electron chi connectivity index (χ0n) is 11.8. The summed E-state index contributed by atoms with van der Waals surface area (Å²) in [5, 5.41) is 2.61. The summed E-state index contributed by atoms with van der Waals surface area (Å²) in [6.45, 7) is 3.09. The molecule has 1 aliphatic heterocycles. The summed E-state index contributed by atoms with van der Waals surface area (Å²) in [7, 11) is 2.06. The zero-order valence-corrected chi connectivity index (χ0v) is 12.7. The quantitative estimate of drug-likeness (QED) is 0.795. The van der Waals surface area contributed by atoms with Gasteiger partial charge in [0.2, 0.25) is 5.91 Å². The molecule has 4 nitrogen and oxygen atoms in total. The largest absolute Gasteiger partial charge is 0.374 e. The molecule has 2 rings (SSSR count). The number of benzene rings is 1. The number of amides is 1. The summed E-state index contributed by atoms with van der Waals surface area (Å²) >= 11 is 4.39. The van der Waals surface area contributed by atoms with E-state index in [9.17, 15) is 4.79 Å². The van der Waals surface area contributed by atoms with Crippen molar-refractivity contribution in [1.82, 2.24) is 10.2 Å². The van der Waals surface area contributed by atoms with Crippen molar-refractivity contribution in [2.45, 2.75) is 17.8 Å². The number of ether oxygens (including phenoxy) is 1. The van der Waals surface area contributed by atoms with Crippen molar-refractivity contribution in [2.75, 3.05) is 33.3 Å². The first-order valence-electron chi connectivity index (χ1n) is 6.95. The van der Waals surface area contributed by atoms with E-state index in [4.69, 9.17) is 4.74 Å². The lowest BCUT2D eigenvalue weighted by molar-refractivity contribution is -0.121. The minimum absolute atomic E-state index is 0.0333. The van der Waals surface area contributed by atoms with E-state index in [1.165, 1.54) is 0 Å². The predicted molar refractivity (Wildman–Crippen MR) is 83.2 cm³/mol. The van der Waals surface area contributed by atoms with Gasteiger partial charge in [-0.05, 0) is 19.0 Å². The third-order valence-corrected chi connectivity index (χ3v) is 3.84. The SMILES string of the molecule is CN1CCOC(CNC(=O)C(S)Cc2ccccc2)C1. The molecule has 110 valence electrons. The van der Waals surface area contributed by atoms with Crippen LogP contribution in [0.15, 0.2) is 30.3 Å². The average molecular weight is 294 g/mol. The monoisotopic (exact) mass is 294 g/mol. The predicted octanol–water partition coefficient (Wildman–Crippen LogP) is 0.974. The van der Waals surface area contributed by atoms with Crippen LogP contribution in [0.4, 0.5) is 0 Å². The summed E-state index contributed by atoms with van der Waals surface area (Å²) in [6, 6.07) is 9.93. The molecule has 1 aromatic carbocycles. The van der Waals surface area contributed by atoms with E-state index in [2.05, 4.69) is 29.9 Å². The minimum atomic E-state index is -0.321. The van der Waals surface area contributed by atoms with Crippen molar-refractivity contribution >= 4 is 18.5 Å². The van der Waals surface area contributed by atoms with E-state index in [1.54, 1.807) is 0 Å². The fourth-order valence-corrected chi connectivity index (χ4v) is 2.55. The maximum absolute atomic E-state index is 12.0. The third-order valence-electron chi connectivity index (χ3n) is 3.42. The first-order valence-corrected chi connectivity index (χ1v) is 7.46. The molecule has 0 saturated carbocycles. The smallest absolute Gasteiger partial charge is 0.233 e. The normalized spacial score (nSPS) is 21.4. The van der Waals surface area contributed by atoms with E-state index in [-0.39, 0.29) is 17.3 Å². The molecule has 1 amide bonds. The van der Waals surface area contributed by atoms with E-state index < -0.39 is 0 Å². The summed E-state index contributed by atoms with van der Waals surface area (Å²) in [5.41, 5.74) is 1.12. The van der Waals surface area contributed by atoms with Gasteiger partial charge in [0, 0.05) is 19.6 Å². The number of nitrogens with one attached hydrogen (secondary N) is 1.